The first kappa shape index (κ1) is 13.1. The van der Waals surface area contributed by atoms with Gasteiger partial charge in [0.25, 0.3) is 5.91 Å². The zero-order chi connectivity index (χ0) is 14.2. The van der Waals surface area contributed by atoms with E-state index in [0.29, 0.717) is 12.5 Å². The average molecular weight is 287 g/mol. The molecule has 1 atom stereocenters. The summed E-state index contributed by atoms with van der Waals surface area (Å²) in [5, 5.41) is 3.31. The molecule has 3 aliphatic heterocycles. The lowest BCUT2D eigenvalue weighted by atomic mass is 10.1. The molecule has 0 saturated carbocycles. The molecule has 21 heavy (non-hydrogen) atoms. The van der Waals surface area contributed by atoms with Gasteiger partial charge in [0.1, 0.15) is 5.75 Å². The summed E-state index contributed by atoms with van der Waals surface area (Å²) in [6.07, 6.45) is 0.390. The van der Waals surface area contributed by atoms with Crippen molar-refractivity contribution in [3.8, 4) is 5.75 Å². The minimum atomic E-state index is -0.320. The number of para-hydroxylation sites is 1. The van der Waals surface area contributed by atoms with Gasteiger partial charge in [0.05, 0.1) is 0 Å². The van der Waals surface area contributed by atoms with Gasteiger partial charge in [-0.2, -0.15) is 0 Å². The molecule has 112 valence electrons. The Hall–Kier alpha value is -1.59. The minimum absolute atomic E-state index is 0.151. The highest BCUT2D eigenvalue weighted by Crippen LogP contribution is 2.29. The molecule has 0 radical (unpaired) electrons. The summed E-state index contributed by atoms with van der Waals surface area (Å²) in [7, 11) is 0. The van der Waals surface area contributed by atoms with Crippen molar-refractivity contribution in [2.75, 3.05) is 39.3 Å². The van der Waals surface area contributed by atoms with Crippen molar-refractivity contribution in [1.82, 2.24) is 15.1 Å². The lowest BCUT2D eigenvalue weighted by molar-refractivity contribution is -0.140. The predicted octanol–water partition coefficient (Wildman–Crippen LogP) is 0.106. The third-order valence-corrected chi connectivity index (χ3v) is 4.82. The molecule has 0 aromatic heterocycles. The monoisotopic (exact) mass is 287 g/mol. The first-order valence-electron chi connectivity index (χ1n) is 7.79. The zero-order valence-corrected chi connectivity index (χ0v) is 12.1. The van der Waals surface area contributed by atoms with Crippen molar-refractivity contribution in [2.24, 2.45) is 0 Å². The van der Waals surface area contributed by atoms with E-state index in [9.17, 15) is 4.79 Å². The number of rotatable bonds is 2. The van der Waals surface area contributed by atoms with Crippen LogP contribution in [0.5, 0.6) is 5.75 Å². The molecule has 0 bridgehead atoms. The second-order valence-electron chi connectivity index (χ2n) is 6.09. The summed E-state index contributed by atoms with van der Waals surface area (Å²) in [5.74, 6) is 1.02. The van der Waals surface area contributed by atoms with E-state index in [1.807, 2.05) is 29.2 Å². The van der Waals surface area contributed by atoms with E-state index in [1.54, 1.807) is 0 Å². The summed E-state index contributed by atoms with van der Waals surface area (Å²) in [6.45, 7) is 5.80. The third-order valence-electron chi connectivity index (χ3n) is 4.82. The standard InChI is InChI=1S/C16H21N3O2/c20-16(15-9-12-3-1-2-4-14(12)21-15)19-7-5-18(6-8-19)13-10-17-11-13/h1-4,13,15,17H,5-11H2. The van der Waals surface area contributed by atoms with Crippen molar-refractivity contribution >= 4 is 5.91 Å². The second kappa shape index (κ2) is 5.31. The first-order chi connectivity index (χ1) is 10.3. The molecule has 4 rings (SSSR count). The number of amides is 1. The number of hydrogen-bond acceptors (Lipinski definition) is 4. The van der Waals surface area contributed by atoms with Gasteiger partial charge in [0.2, 0.25) is 0 Å². The van der Waals surface area contributed by atoms with E-state index >= 15 is 0 Å². The van der Waals surface area contributed by atoms with Crippen LogP contribution < -0.4 is 10.1 Å². The van der Waals surface area contributed by atoms with Crippen molar-refractivity contribution in [2.45, 2.75) is 18.6 Å². The summed E-state index contributed by atoms with van der Waals surface area (Å²) >= 11 is 0. The molecule has 2 saturated heterocycles. The van der Waals surface area contributed by atoms with Gasteiger partial charge in [-0.25, -0.2) is 0 Å². The maximum absolute atomic E-state index is 12.6. The molecule has 3 aliphatic rings. The Morgan fingerprint density at radius 3 is 2.57 bits per heavy atom. The largest absolute Gasteiger partial charge is 0.480 e. The van der Waals surface area contributed by atoms with E-state index in [-0.39, 0.29) is 12.0 Å². The molecule has 5 nitrogen and oxygen atoms in total. The number of fused-ring (bicyclic) bond motifs is 1. The maximum Gasteiger partial charge on any atom is 0.264 e. The Bertz CT molecular complexity index is 511. The summed E-state index contributed by atoms with van der Waals surface area (Å²) in [5.41, 5.74) is 1.15. The number of nitrogens with one attached hydrogen (secondary N) is 1. The number of carbonyl (C=O) groups is 1. The fourth-order valence-electron chi connectivity index (χ4n) is 3.36. The normalized spacial score (nSPS) is 26.1. The molecule has 1 aromatic rings. The van der Waals surface area contributed by atoms with Crippen molar-refractivity contribution in [3.05, 3.63) is 29.8 Å². The summed E-state index contributed by atoms with van der Waals surface area (Å²) in [4.78, 5) is 17.1. The number of carbonyl (C=O) groups excluding carboxylic acids is 1. The quantitative estimate of drug-likeness (QED) is 0.838. The smallest absolute Gasteiger partial charge is 0.264 e. The van der Waals surface area contributed by atoms with Crippen LogP contribution in [0.3, 0.4) is 0 Å². The van der Waals surface area contributed by atoms with E-state index in [0.717, 1.165) is 50.6 Å². The van der Waals surface area contributed by atoms with Crippen LogP contribution in [0.1, 0.15) is 5.56 Å². The number of piperazine rings is 1. The highest BCUT2D eigenvalue weighted by Gasteiger charge is 2.35. The average Bonchev–Trinajstić information content (AvgIpc) is 2.89. The lowest BCUT2D eigenvalue weighted by Gasteiger charge is -2.43. The predicted molar refractivity (Wildman–Crippen MR) is 79.4 cm³/mol. The Kier molecular flexibility index (Phi) is 3.31. The lowest BCUT2D eigenvalue weighted by Crippen LogP contribution is -2.62. The highest BCUT2D eigenvalue weighted by molar-refractivity contribution is 5.82. The Balaban J connectivity index is 1.34. The number of nitrogens with zero attached hydrogens (tertiary/aromatic N) is 2. The maximum atomic E-state index is 12.6. The van der Waals surface area contributed by atoms with Crippen molar-refractivity contribution < 1.29 is 9.53 Å². The van der Waals surface area contributed by atoms with Crippen LogP contribution in [0.15, 0.2) is 24.3 Å². The Labute approximate surface area is 124 Å². The molecule has 1 N–H and O–H groups in total. The Morgan fingerprint density at radius 1 is 1.14 bits per heavy atom. The fraction of sp³-hybridized carbons (Fsp3) is 0.562. The topological polar surface area (TPSA) is 44.8 Å². The van der Waals surface area contributed by atoms with Gasteiger partial charge in [-0.05, 0) is 11.6 Å². The van der Waals surface area contributed by atoms with E-state index in [2.05, 4.69) is 10.2 Å². The van der Waals surface area contributed by atoms with Crippen LogP contribution in [-0.2, 0) is 11.2 Å². The Morgan fingerprint density at radius 2 is 1.90 bits per heavy atom. The number of hydrogen-bond donors (Lipinski definition) is 1. The van der Waals surface area contributed by atoms with Gasteiger partial charge in [0.15, 0.2) is 6.10 Å². The summed E-state index contributed by atoms with van der Waals surface area (Å²) < 4.78 is 5.81. The van der Waals surface area contributed by atoms with E-state index in [4.69, 9.17) is 4.74 Å². The first-order valence-corrected chi connectivity index (χ1v) is 7.79. The molecule has 0 spiro atoms. The van der Waals surface area contributed by atoms with Crippen molar-refractivity contribution in [1.29, 1.82) is 0 Å². The molecule has 1 amide bonds. The third kappa shape index (κ3) is 2.40. The molecule has 0 aliphatic carbocycles. The van der Waals surface area contributed by atoms with Gasteiger partial charge in [-0.15, -0.1) is 0 Å². The van der Waals surface area contributed by atoms with Crippen LogP contribution in [0.25, 0.3) is 0 Å². The van der Waals surface area contributed by atoms with Crippen molar-refractivity contribution in [3.63, 3.8) is 0 Å². The van der Waals surface area contributed by atoms with E-state index in [1.165, 1.54) is 0 Å². The van der Waals surface area contributed by atoms with Gasteiger partial charge in [-0.1, -0.05) is 18.2 Å². The summed E-state index contributed by atoms with van der Waals surface area (Å²) in [6, 6.07) is 8.63. The van der Waals surface area contributed by atoms with Crippen LogP contribution in [-0.4, -0.2) is 67.1 Å². The fourth-order valence-corrected chi connectivity index (χ4v) is 3.36. The van der Waals surface area contributed by atoms with Gasteiger partial charge in [-0.3, -0.25) is 9.69 Å². The van der Waals surface area contributed by atoms with Crippen LogP contribution in [0.2, 0.25) is 0 Å². The molecular weight excluding hydrogens is 266 g/mol. The van der Waals surface area contributed by atoms with Gasteiger partial charge in [0, 0.05) is 51.7 Å². The van der Waals surface area contributed by atoms with Crippen LogP contribution in [0, 0.1) is 0 Å². The number of benzene rings is 1. The SMILES string of the molecule is O=C(C1Cc2ccccc2O1)N1CCN(C2CNC2)CC1. The highest BCUT2D eigenvalue weighted by atomic mass is 16.5. The van der Waals surface area contributed by atoms with Gasteiger partial charge < -0.3 is 15.0 Å². The molecule has 1 unspecified atom stereocenters. The van der Waals surface area contributed by atoms with Crippen LogP contribution in [0.4, 0.5) is 0 Å². The molecule has 2 fully saturated rings. The second-order valence-corrected chi connectivity index (χ2v) is 6.09. The van der Waals surface area contributed by atoms with Gasteiger partial charge >= 0.3 is 0 Å². The molecule has 3 heterocycles. The molecule has 1 aromatic carbocycles. The van der Waals surface area contributed by atoms with E-state index < -0.39 is 0 Å². The molecule has 5 heteroatoms. The van der Waals surface area contributed by atoms with Crippen LogP contribution >= 0.6 is 0 Å². The minimum Gasteiger partial charge on any atom is -0.480 e. The molecular formula is C16H21N3O2. The zero-order valence-electron chi connectivity index (χ0n) is 12.1. The number of ether oxygens (including phenoxy) is 1.